The number of piperidine rings is 2. The monoisotopic (exact) mass is 387 g/mol. The van der Waals surface area contributed by atoms with E-state index in [-0.39, 0.29) is 11.8 Å². The van der Waals surface area contributed by atoms with E-state index < -0.39 is 0 Å². The fraction of sp³-hybridized carbons (Fsp3) is 0.682. The van der Waals surface area contributed by atoms with E-state index in [1.54, 1.807) is 13.3 Å². The molecule has 0 saturated carbocycles. The second-order valence-corrected chi connectivity index (χ2v) is 8.48. The first-order chi connectivity index (χ1) is 13.5. The molecule has 154 valence electrons. The van der Waals surface area contributed by atoms with Crippen molar-refractivity contribution in [1.82, 2.24) is 9.88 Å². The van der Waals surface area contributed by atoms with E-state index in [2.05, 4.69) is 23.7 Å². The van der Waals surface area contributed by atoms with E-state index in [0.717, 1.165) is 51.1 Å². The summed E-state index contributed by atoms with van der Waals surface area (Å²) in [5.41, 5.74) is 0.604. The normalized spacial score (nSPS) is 21.2. The highest BCUT2D eigenvalue weighted by atomic mass is 16.5. The van der Waals surface area contributed by atoms with Gasteiger partial charge in [-0.25, -0.2) is 4.98 Å². The number of pyridine rings is 1. The Bertz CT molecular complexity index is 666. The maximum atomic E-state index is 12.9. The smallest absolute Gasteiger partial charge is 0.255 e. The molecule has 0 bridgehead atoms. The summed E-state index contributed by atoms with van der Waals surface area (Å²) >= 11 is 0. The summed E-state index contributed by atoms with van der Waals surface area (Å²) in [4.78, 5) is 33.9. The van der Waals surface area contributed by atoms with Crippen molar-refractivity contribution in [3.63, 3.8) is 0 Å². The van der Waals surface area contributed by atoms with Crippen molar-refractivity contribution in [3.05, 3.63) is 23.9 Å². The second-order valence-electron chi connectivity index (χ2n) is 8.48. The van der Waals surface area contributed by atoms with Gasteiger partial charge in [0.15, 0.2) is 0 Å². The van der Waals surface area contributed by atoms with Gasteiger partial charge in [0.2, 0.25) is 0 Å². The zero-order valence-electron chi connectivity index (χ0n) is 17.4. The molecule has 0 N–H and O–H groups in total. The largest absolute Gasteiger partial charge is 0.381 e. The quantitative estimate of drug-likeness (QED) is 0.750. The number of carbonyl (C=O) groups is 2. The van der Waals surface area contributed by atoms with Crippen LogP contribution in [0.5, 0.6) is 0 Å². The van der Waals surface area contributed by atoms with Crippen molar-refractivity contribution in [2.75, 3.05) is 38.2 Å². The first-order valence-electron chi connectivity index (χ1n) is 10.5. The molecule has 0 aliphatic carbocycles. The highest BCUT2D eigenvalue weighted by Gasteiger charge is 2.29. The Balaban J connectivity index is 1.59. The van der Waals surface area contributed by atoms with E-state index in [1.165, 1.54) is 0 Å². The van der Waals surface area contributed by atoms with Crippen LogP contribution in [0.25, 0.3) is 0 Å². The third kappa shape index (κ3) is 5.10. The molecule has 0 radical (unpaired) electrons. The molecule has 6 heteroatoms. The first-order valence-corrected chi connectivity index (χ1v) is 10.5. The van der Waals surface area contributed by atoms with Gasteiger partial charge in [0.05, 0.1) is 11.7 Å². The van der Waals surface area contributed by atoms with Crippen molar-refractivity contribution in [2.45, 2.75) is 52.1 Å². The van der Waals surface area contributed by atoms with Gasteiger partial charge in [0.25, 0.3) is 5.91 Å². The average Bonchev–Trinajstić information content (AvgIpc) is 2.73. The number of hydrogen-bond donors (Lipinski definition) is 0. The van der Waals surface area contributed by atoms with Gasteiger partial charge < -0.3 is 14.5 Å². The van der Waals surface area contributed by atoms with Gasteiger partial charge in [-0.15, -0.1) is 0 Å². The third-order valence-electron chi connectivity index (χ3n) is 5.87. The lowest BCUT2D eigenvalue weighted by Gasteiger charge is -2.33. The molecule has 1 unspecified atom stereocenters. The Labute approximate surface area is 168 Å². The molecule has 2 aliphatic rings. The molecule has 1 aromatic rings. The lowest BCUT2D eigenvalue weighted by Crippen LogP contribution is -2.42. The predicted molar refractivity (Wildman–Crippen MR) is 110 cm³/mol. The maximum absolute atomic E-state index is 12.9. The van der Waals surface area contributed by atoms with E-state index in [9.17, 15) is 9.59 Å². The van der Waals surface area contributed by atoms with E-state index in [0.29, 0.717) is 36.3 Å². The summed E-state index contributed by atoms with van der Waals surface area (Å²) in [7, 11) is 1.76. The fourth-order valence-corrected chi connectivity index (χ4v) is 4.20. The number of carbonyl (C=O) groups excluding carboxylic acids is 2. The van der Waals surface area contributed by atoms with Crippen LogP contribution in [0.2, 0.25) is 0 Å². The highest BCUT2D eigenvalue weighted by Crippen LogP contribution is 2.23. The van der Waals surface area contributed by atoms with Crippen molar-refractivity contribution < 1.29 is 14.3 Å². The molecule has 0 aromatic carbocycles. The van der Waals surface area contributed by atoms with Crippen molar-refractivity contribution in [2.24, 2.45) is 11.8 Å². The fourth-order valence-electron chi connectivity index (χ4n) is 4.20. The Hall–Kier alpha value is -1.95. The number of methoxy groups -OCH3 is 1. The summed E-state index contributed by atoms with van der Waals surface area (Å²) in [6, 6.07) is 3.80. The number of anilines is 1. The predicted octanol–water partition coefficient (Wildman–Crippen LogP) is 3.16. The van der Waals surface area contributed by atoms with Gasteiger partial charge in [-0.2, -0.15) is 0 Å². The van der Waals surface area contributed by atoms with Crippen LogP contribution < -0.4 is 4.90 Å². The van der Waals surface area contributed by atoms with Gasteiger partial charge >= 0.3 is 0 Å². The number of Topliss-reactive ketones (excluding diaryl/α,β-unsaturated/α-hetero) is 1. The van der Waals surface area contributed by atoms with Crippen LogP contribution in [0.15, 0.2) is 18.3 Å². The third-order valence-corrected chi connectivity index (χ3v) is 5.87. The molecular weight excluding hydrogens is 354 g/mol. The molecule has 3 heterocycles. The van der Waals surface area contributed by atoms with Crippen molar-refractivity contribution >= 4 is 17.5 Å². The minimum Gasteiger partial charge on any atom is -0.381 e. The van der Waals surface area contributed by atoms with Crippen molar-refractivity contribution in [3.8, 4) is 0 Å². The molecule has 28 heavy (non-hydrogen) atoms. The second kappa shape index (κ2) is 9.50. The number of rotatable bonds is 6. The summed E-state index contributed by atoms with van der Waals surface area (Å²) < 4.78 is 5.42. The first kappa shape index (κ1) is 20.8. The molecule has 2 fully saturated rings. The zero-order chi connectivity index (χ0) is 20.1. The van der Waals surface area contributed by atoms with Crippen LogP contribution in [0, 0.1) is 11.8 Å². The lowest BCUT2D eigenvalue weighted by molar-refractivity contribution is -0.124. The standard InChI is InChI=1S/C22H33N3O3/c1-16(2)13-20(26)18-5-4-10-25(15-18)22(27)17-6-7-21(23-14-17)24-11-8-19(28-3)9-12-24/h6-7,14,16,18-19H,4-5,8-13,15H2,1-3H3. The van der Waals surface area contributed by atoms with Crippen molar-refractivity contribution in [1.29, 1.82) is 0 Å². The number of ketones is 1. The average molecular weight is 388 g/mol. The molecule has 2 aliphatic heterocycles. The van der Waals surface area contributed by atoms with E-state index >= 15 is 0 Å². The van der Waals surface area contributed by atoms with Crippen LogP contribution in [-0.2, 0) is 9.53 Å². The topological polar surface area (TPSA) is 62.7 Å². The number of likely N-dealkylation sites (tertiary alicyclic amines) is 1. The van der Waals surface area contributed by atoms with Crippen LogP contribution in [0.1, 0.15) is 56.3 Å². The molecule has 2 saturated heterocycles. The summed E-state index contributed by atoms with van der Waals surface area (Å²) in [6.45, 7) is 7.23. The number of aromatic nitrogens is 1. The van der Waals surface area contributed by atoms with Gasteiger partial charge in [-0.1, -0.05) is 13.8 Å². The molecular formula is C22H33N3O3. The van der Waals surface area contributed by atoms with Crippen LogP contribution >= 0.6 is 0 Å². The number of ether oxygens (including phenoxy) is 1. The minimum atomic E-state index is -0.0191. The molecule has 1 aromatic heterocycles. The van der Waals surface area contributed by atoms with Gasteiger partial charge in [0, 0.05) is 51.8 Å². The number of amides is 1. The maximum Gasteiger partial charge on any atom is 0.255 e. The molecule has 1 amide bonds. The van der Waals surface area contributed by atoms with E-state index in [1.807, 2.05) is 17.0 Å². The summed E-state index contributed by atoms with van der Waals surface area (Å²) in [5, 5.41) is 0. The Kier molecular flexibility index (Phi) is 7.05. The van der Waals surface area contributed by atoms with Gasteiger partial charge in [-0.3, -0.25) is 9.59 Å². The Morgan fingerprint density at radius 3 is 2.54 bits per heavy atom. The summed E-state index contributed by atoms with van der Waals surface area (Å²) in [5.74, 6) is 1.54. The molecule has 0 spiro atoms. The summed E-state index contributed by atoms with van der Waals surface area (Å²) in [6.07, 6.45) is 6.39. The van der Waals surface area contributed by atoms with Crippen LogP contribution in [-0.4, -0.2) is 61.0 Å². The number of nitrogens with zero attached hydrogens (tertiary/aromatic N) is 3. The van der Waals surface area contributed by atoms with Gasteiger partial charge in [-0.05, 0) is 43.7 Å². The van der Waals surface area contributed by atoms with E-state index in [4.69, 9.17) is 4.74 Å². The highest BCUT2D eigenvalue weighted by molar-refractivity contribution is 5.94. The molecule has 3 rings (SSSR count). The minimum absolute atomic E-state index is 0.0146. The van der Waals surface area contributed by atoms with Crippen LogP contribution in [0.3, 0.4) is 0 Å². The Morgan fingerprint density at radius 1 is 1.18 bits per heavy atom. The van der Waals surface area contributed by atoms with Crippen LogP contribution in [0.4, 0.5) is 5.82 Å². The SMILES string of the molecule is COC1CCN(c2ccc(C(=O)N3CCCC(C(=O)CC(C)C)C3)cn2)CC1. The molecule has 6 nitrogen and oxygen atoms in total. The van der Waals surface area contributed by atoms with Gasteiger partial charge in [0.1, 0.15) is 11.6 Å². The Morgan fingerprint density at radius 2 is 1.93 bits per heavy atom. The zero-order valence-corrected chi connectivity index (χ0v) is 17.4. The number of hydrogen-bond acceptors (Lipinski definition) is 5. The lowest BCUT2D eigenvalue weighted by atomic mass is 9.89. The molecule has 1 atom stereocenters.